The van der Waals surface area contributed by atoms with Gasteiger partial charge in [-0.1, -0.05) is 0 Å². The molecule has 6 radical (unpaired) electrons. The summed E-state index contributed by atoms with van der Waals surface area (Å²) in [6, 6.07) is 0. The summed E-state index contributed by atoms with van der Waals surface area (Å²) in [7, 11) is -22.6. The molecule has 13 nitrogen and oxygen atoms in total. The smallest absolute Gasteiger partial charge is 0.302 e. The van der Waals surface area contributed by atoms with Crippen molar-refractivity contribution < 1.29 is 60.6 Å². The number of hydrogen-bond acceptors (Lipinski definition) is 7. The molecule has 0 spiro atoms. The summed E-state index contributed by atoms with van der Waals surface area (Å²) in [5, 5.41) is 0. The molecule has 0 saturated carbocycles. The standard InChI is InChI=1S/3Ca.H6O13P4/c;;;1-14(2,3)11-16(7,8)13-17(9,10)12-15(4,5)6/h;;;(H,7,8)(H,9,10)(H2,1,2,3)(H2,4,5,6). The molecule has 0 fully saturated rings. The van der Waals surface area contributed by atoms with Crippen molar-refractivity contribution in [2.75, 3.05) is 0 Å². The maximum absolute atomic E-state index is 10.7. The second-order valence-electron chi connectivity index (χ2n) is 2.16. The molecule has 0 aromatic rings. The zero-order valence-electron chi connectivity index (χ0n) is 9.45. The molecule has 20 heavy (non-hydrogen) atoms. The van der Waals surface area contributed by atoms with Crippen LogP contribution in [0.2, 0.25) is 0 Å². The van der Waals surface area contributed by atoms with Crippen molar-refractivity contribution in [3.05, 3.63) is 0 Å². The van der Waals surface area contributed by atoms with Gasteiger partial charge in [0.25, 0.3) is 0 Å². The van der Waals surface area contributed by atoms with Gasteiger partial charge >= 0.3 is 31.3 Å². The first-order valence-electron chi connectivity index (χ1n) is 3.03. The molecule has 0 amide bonds. The van der Waals surface area contributed by atoms with Crippen LogP contribution in [-0.2, 0) is 31.2 Å². The zero-order chi connectivity index (χ0) is 14.1. The van der Waals surface area contributed by atoms with Crippen molar-refractivity contribution in [2.45, 2.75) is 0 Å². The molecule has 6 N–H and O–H groups in total. The molecule has 0 rings (SSSR count). The third kappa shape index (κ3) is 20.4. The third-order valence-electron chi connectivity index (χ3n) is 0.625. The minimum atomic E-state index is -5.77. The normalized spacial score (nSPS) is 17.5. The molecule has 2 unspecified atom stereocenters. The van der Waals surface area contributed by atoms with Crippen molar-refractivity contribution in [2.24, 2.45) is 0 Å². The van der Waals surface area contributed by atoms with Crippen LogP contribution in [0.5, 0.6) is 0 Å². The van der Waals surface area contributed by atoms with Crippen LogP contribution in [0.15, 0.2) is 0 Å². The van der Waals surface area contributed by atoms with Gasteiger partial charge in [-0.3, -0.25) is 0 Å². The van der Waals surface area contributed by atoms with E-state index in [9.17, 15) is 18.3 Å². The largest absolute Gasteiger partial charge is 0.490 e. The fourth-order valence-corrected chi connectivity index (χ4v) is 4.40. The van der Waals surface area contributed by atoms with Crippen molar-refractivity contribution in [1.29, 1.82) is 0 Å². The maximum Gasteiger partial charge on any atom is 0.490 e. The van der Waals surface area contributed by atoms with E-state index in [2.05, 4.69) is 12.9 Å². The van der Waals surface area contributed by atoms with Crippen molar-refractivity contribution in [1.82, 2.24) is 0 Å². The molecular formula is H6Ca3O13P4. The van der Waals surface area contributed by atoms with Crippen LogP contribution in [-0.4, -0.2) is 143 Å². The summed E-state index contributed by atoms with van der Waals surface area (Å²) in [6.45, 7) is 0. The van der Waals surface area contributed by atoms with Gasteiger partial charge in [0.2, 0.25) is 0 Å². The van der Waals surface area contributed by atoms with Crippen LogP contribution >= 0.6 is 31.3 Å². The monoisotopic (exact) mass is 458 g/mol. The van der Waals surface area contributed by atoms with E-state index in [1.54, 1.807) is 0 Å². The number of phosphoric acid groups is 4. The predicted octanol–water partition coefficient (Wildman–Crippen LogP) is -1.72. The van der Waals surface area contributed by atoms with Gasteiger partial charge in [0.05, 0.1) is 0 Å². The predicted molar refractivity (Wildman–Crippen MR) is 64.3 cm³/mol. The third-order valence-corrected chi connectivity index (χ3v) is 5.63. The van der Waals surface area contributed by atoms with E-state index in [4.69, 9.17) is 29.4 Å². The van der Waals surface area contributed by atoms with Gasteiger partial charge in [-0.15, -0.1) is 0 Å². The summed E-state index contributed by atoms with van der Waals surface area (Å²) < 4.78 is 50.9. The quantitative estimate of drug-likeness (QED) is 0.193. The molecule has 2 atom stereocenters. The summed E-state index contributed by atoms with van der Waals surface area (Å²) in [4.78, 5) is 49.4. The van der Waals surface area contributed by atoms with E-state index in [0.717, 1.165) is 0 Å². The van der Waals surface area contributed by atoms with Crippen molar-refractivity contribution >= 4 is 145 Å². The van der Waals surface area contributed by atoms with E-state index >= 15 is 0 Å². The van der Waals surface area contributed by atoms with E-state index in [0.29, 0.717) is 0 Å². The zero-order valence-corrected chi connectivity index (χ0v) is 19.7. The molecule has 0 aromatic carbocycles. The van der Waals surface area contributed by atoms with Crippen molar-refractivity contribution in [3.8, 4) is 0 Å². The van der Waals surface area contributed by atoms with Crippen molar-refractivity contribution in [3.63, 3.8) is 0 Å². The Kier molecular flexibility index (Phi) is 19.0. The molecule has 0 aliphatic carbocycles. The Hall–Kier alpha value is 4.34. The Bertz CT molecular complexity index is 414. The van der Waals surface area contributed by atoms with Crippen LogP contribution in [0.3, 0.4) is 0 Å². The summed E-state index contributed by atoms with van der Waals surface area (Å²) >= 11 is 0. The van der Waals surface area contributed by atoms with E-state index in [1.165, 1.54) is 0 Å². The van der Waals surface area contributed by atoms with Gasteiger partial charge in [-0.25, -0.2) is 18.3 Å². The Morgan fingerprint density at radius 2 is 0.700 bits per heavy atom. The Morgan fingerprint density at radius 3 is 0.850 bits per heavy atom. The topological polar surface area (TPSA) is 217 Å². The van der Waals surface area contributed by atoms with Gasteiger partial charge in [0, 0.05) is 113 Å². The first kappa shape index (κ1) is 32.0. The number of hydrogen-bond donors (Lipinski definition) is 6. The Balaban J connectivity index is -0.000000427. The van der Waals surface area contributed by atoms with Gasteiger partial charge in [-0.05, 0) is 0 Å². The molecule has 0 aliphatic rings. The van der Waals surface area contributed by atoms with E-state index in [-0.39, 0.29) is 113 Å². The minimum absolute atomic E-state index is 0. The molecule has 0 aliphatic heterocycles. The van der Waals surface area contributed by atoms with Gasteiger partial charge < -0.3 is 29.4 Å². The Morgan fingerprint density at radius 1 is 0.500 bits per heavy atom. The summed E-state index contributed by atoms with van der Waals surface area (Å²) in [5.41, 5.74) is 0. The molecular weight excluding hydrogens is 452 g/mol. The molecule has 0 saturated heterocycles. The van der Waals surface area contributed by atoms with Gasteiger partial charge in [-0.2, -0.15) is 12.9 Å². The molecule has 110 valence electrons. The minimum Gasteiger partial charge on any atom is -0.302 e. The van der Waals surface area contributed by atoms with Gasteiger partial charge in [0.1, 0.15) is 0 Å². The molecule has 20 heteroatoms. The van der Waals surface area contributed by atoms with Crippen LogP contribution < -0.4 is 0 Å². The van der Waals surface area contributed by atoms with Crippen LogP contribution in [0.1, 0.15) is 0 Å². The summed E-state index contributed by atoms with van der Waals surface area (Å²) in [5.74, 6) is 0. The molecule has 0 aromatic heterocycles. The second-order valence-corrected chi connectivity index (χ2v) is 7.96. The maximum atomic E-state index is 10.7. The first-order valence-corrected chi connectivity index (χ1v) is 9.08. The van der Waals surface area contributed by atoms with Gasteiger partial charge in [0.15, 0.2) is 0 Å². The van der Waals surface area contributed by atoms with Crippen LogP contribution in [0.25, 0.3) is 0 Å². The van der Waals surface area contributed by atoms with E-state index < -0.39 is 31.3 Å². The fourth-order valence-electron chi connectivity index (χ4n) is 0.429. The second kappa shape index (κ2) is 11.9. The molecule has 0 bridgehead atoms. The number of rotatable bonds is 6. The van der Waals surface area contributed by atoms with Crippen LogP contribution in [0.4, 0.5) is 0 Å². The first-order chi connectivity index (χ1) is 7.12. The summed E-state index contributed by atoms with van der Waals surface area (Å²) in [6.07, 6.45) is 0. The Labute approximate surface area is 201 Å². The molecule has 0 heterocycles. The van der Waals surface area contributed by atoms with Crippen LogP contribution in [0, 0.1) is 0 Å². The SMILES string of the molecule is O=P(O)(O)OP(=O)(O)OP(=O)(O)OP(=O)(O)O.[Ca].[Ca].[Ca]. The van der Waals surface area contributed by atoms with E-state index in [1.807, 2.05) is 0 Å². The fraction of sp³-hybridized carbons (Fsp3) is 0. The average molecular weight is 458 g/mol. The average Bonchev–Trinajstić information content (AvgIpc) is 1.65.